The Balaban J connectivity index is 2.10. The van der Waals surface area contributed by atoms with Gasteiger partial charge in [-0.05, 0) is 24.6 Å². The van der Waals surface area contributed by atoms with E-state index in [1.54, 1.807) is 25.6 Å². The molecule has 0 unspecified atom stereocenters. The summed E-state index contributed by atoms with van der Waals surface area (Å²) in [6.07, 6.45) is 4.98. The number of nitrogen functional groups attached to an aromatic ring is 1. The third kappa shape index (κ3) is 2.48. The van der Waals surface area contributed by atoms with Gasteiger partial charge in [-0.3, -0.25) is 14.5 Å². The van der Waals surface area contributed by atoms with Crippen molar-refractivity contribution >= 4 is 11.6 Å². The lowest BCUT2D eigenvalue weighted by Gasteiger charge is -2.13. The van der Waals surface area contributed by atoms with Gasteiger partial charge in [-0.25, -0.2) is 0 Å². The summed E-state index contributed by atoms with van der Waals surface area (Å²) in [5.74, 6) is -0.280. The van der Waals surface area contributed by atoms with Crippen LogP contribution in [0, 0.1) is 0 Å². The topological polar surface area (TPSA) is 85.8 Å². The summed E-state index contributed by atoms with van der Waals surface area (Å²) in [7, 11) is 1.72. The molecule has 0 radical (unpaired) electrons. The van der Waals surface area contributed by atoms with Gasteiger partial charge in [-0.15, -0.1) is 0 Å². The number of rotatable bonds is 3. The molecule has 2 aromatic rings. The van der Waals surface area contributed by atoms with Gasteiger partial charge in [0, 0.05) is 25.6 Å². The lowest BCUT2D eigenvalue weighted by molar-refractivity contribution is 0.0935. The quantitative estimate of drug-likeness (QED) is 0.840. The summed E-state index contributed by atoms with van der Waals surface area (Å²) >= 11 is 0. The number of hydrogen-bond donors (Lipinski definition) is 2. The van der Waals surface area contributed by atoms with Crippen LogP contribution in [0.25, 0.3) is 0 Å². The first-order chi connectivity index (χ1) is 8.58. The Labute approximate surface area is 105 Å². The minimum atomic E-state index is -0.280. The maximum absolute atomic E-state index is 12.0. The number of anilines is 1. The highest BCUT2D eigenvalue weighted by molar-refractivity contribution is 5.97. The predicted octanol–water partition coefficient (Wildman–Crippen LogP) is 0.888. The summed E-state index contributed by atoms with van der Waals surface area (Å²) < 4.78 is 1.52. The Morgan fingerprint density at radius 1 is 1.44 bits per heavy atom. The Bertz CT molecular complexity index is 549. The highest BCUT2D eigenvalue weighted by Gasteiger charge is 2.16. The summed E-state index contributed by atoms with van der Waals surface area (Å²) in [5, 5.41) is 6.87. The third-order valence-corrected chi connectivity index (χ3v) is 2.63. The minimum absolute atomic E-state index is 0.123. The molecule has 1 atom stereocenters. The molecule has 0 spiro atoms. The fourth-order valence-electron chi connectivity index (χ4n) is 1.68. The monoisotopic (exact) mass is 245 g/mol. The number of hydrogen-bond acceptors (Lipinski definition) is 4. The normalized spacial score (nSPS) is 12.1. The number of pyridine rings is 1. The van der Waals surface area contributed by atoms with Crippen molar-refractivity contribution in [1.29, 1.82) is 0 Å². The molecule has 0 bridgehead atoms. The van der Waals surface area contributed by atoms with Crippen LogP contribution in [0.5, 0.6) is 0 Å². The van der Waals surface area contributed by atoms with Crippen LogP contribution >= 0.6 is 0 Å². The van der Waals surface area contributed by atoms with Crippen molar-refractivity contribution < 1.29 is 4.79 Å². The van der Waals surface area contributed by atoms with Crippen LogP contribution in [-0.2, 0) is 7.05 Å². The number of amides is 1. The molecule has 0 aliphatic rings. The zero-order valence-electron chi connectivity index (χ0n) is 10.3. The number of aryl methyl sites for hydroxylation is 1. The van der Waals surface area contributed by atoms with E-state index in [9.17, 15) is 4.79 Å². The smallest absolute Gasteiger partial charge is 0.274 e. The molecular formula is C12H15N5O. The van der Waals surface area contributed by atoms with Crippen molar-refractivity contribution in [2.24, 2.45) is 7.05 Å². The maximum atomic E-state index is 12.0. The molecule has 1 amide bonds. The van der Waals surface area contributed by atoms with E-state index in [0.717, 1.165) is 5.56 Å². The summed E-state index contributed by atoms with van der Waals surface area (Å²) in [6, 6.07) is 3.58. The van der Waals surface area contributed by atoms with Crippen molar-refractivity contribution in [2.75, 3.05) is 5.73 Å². The van der Waals surface area contributed by atoms with Crippen LogP contribution in [0.3, 0.4) is 0 Å². The number of nitrogens with zero attached hydrogens (tertiary/aromatic N) is 3. The highest BCUT2D eigenvalue weighted by atomic mass is 16.2. The molecule has 2 rings (SSSR count). The average molecular weight is 245 g/mol. The van der Waals surface area contributed by atoms with Crippen molar-refractivity contribution in [2.45, 2.75) is 13.0 Å². The highest BCUT2D eigenvalue weighted by Crippen LogP contribution is 2.13. The van der Waals surface area contributed by atoms with E-state index in [4.69, 9.17) is 5.73 Å². The molecule has 3 N–H and O–H groups in total. The van der Waals surface area contributed by atoms with Crippen molar-refractivity contribution in [3.63, 3.8) is 0 Å². The zero-order valence-corrected chi connectivity index (χ0v) is 10.3. The van der Waals surface area contributed by atoms with E-state index in [-0.39, 0.29) is 17.6 Å². The molecule has 18 heavy (non-hydrogen) atoms. The lowest BCUT2D eigenvalue weighted by Crippen LogP contribution is -2.27. The molecule has 6 nitrogen and oxygen atoms in total. The van der Waals surface area contributed by atoms with E-state index in [1.165, 1.54) is 4.68 Å². The SMILES string of the molecule is C[C@H](NC(=O)c1nn(C)cc1N)c1ccncc1. The number of carbonyl (C=O) groups is 1. The van der Waals surface area contributed by atoms with E-state index in [0.29, 0.717) is 5.69 Å². The van der Waals surface area contributed by atoms with Gasteiger partial charge < -0.3 is 11.1 Å². The first kappa shape index (κ1) is 12.1. The molecule has 0 aliphatic heterocycles. The standard InChI is InChI=1S/C12H15N5O/c1-8(9-3-5-14-6-4-9)15-12(18)11-10(13)7-17(2)16-11/h3-8H,13H2,1-2H3,(H,15,18)/t8-/m0/s1. The Morgan fingerprint density at radius 3 is 2.67 bits per heavy atom. The second-order valence-electron chi connectivity index (χ2n) is 4.08. The fraction of sp³-hybridized carbons (Fsp3) is 0.250. The molecular weight excluding hydrogens is 230 g/mol. The van der Waals surface area contributed by atoms with Gasteiger partial charge in [0.2, 0.25) is 0 Å². The van der Waals surface area contributed by atoms with Gasteiger partial charge in [-0.2, -0.15) is 5.10 Å². The summed E-state index contributed by atoms with van der Waals surface area (Å²) in [6.45, 7) is 1.90. The van der Waals surface area contributed by atoms with E-state index >= 15 is 0 Å². The van der Waals surface area contributed by atoms with Gasteiger partial charge in [-0.1, -0.05) is 0 Å². The maximum Gasteiger partial charge on any atom is 0.274 e. The van der Waals surface area contributed by atoms with E-state index in [1.807, 2.05) is 19.1 Å². The summed E-state index contributed by atoms with van der Waals surface area (Å²) in [4.78, 5) is 15.9. The average Bonchev–Trinajstić information content (AvgIpc) is 2.69. The van der Waals surface area contributed by atoms with Crippen molar-refractivity contribution in [3.05, 3.63) is 42.0 Å². The largest absolute Gasteiger partial charge is 0.396 e. The molecule has 2 aromatic heterocycles. The number of aromatic nitrogens is 3. The second kappa shape index (κ2) is 4.87. The van der Waals surface area contributed by atoms with Gasteiger partial charge in [0.1, 0.15) is 0 Å². The zero-order chi connectivity index (χ0) is 13.1. The molecule has 0 saturated heterocycles. The van der Waals surface area contributed by atoms with E-state index in [2.05, 4.69) is 15.4 Å². The number of nitrogens with two attached hydrogens (primary N) is 1. The van der Waals surface area contributed by atoms with Crippen LogP contribution in [0.2, 0.25) is 0 Å². The van der Waals surface area contributed by atoms with Crippen LogP contribution in [-0.4, -0.2) is 20.7 Å². The molecule has 0 aromatic carbocycles. The first-order valence-corrected chi connectivity index (χ1v) is 5.58. The van der Waals surface area contributed by atoms with Crippen LogP contribution < -0.4 is 11.1 Å². The fourth-order valence-corrected chi connectivity index (χ4v) is 1.68. The van der Waals surface area contributed by atoms with Crippen LogP contribution in [0.1, 0.15) is 29.0 Å². The molecule has 2 heterocycles. The predicted molar refractivity (Wildman–Crippen MR) is 67.7 cm³/mol. The Hall–Kier alpha value is -2.37. The third-order valence-electron chi connectivity index (χ3n) is 2.63. The Kier molecular flexibility index (Phi) is 3.27. The van der Waals surface area contributed by atoms with Gasteiger partial charge in [0.15, 0.2) is 5.69 Å². The van der Waals surface area contributed by atoms with Crippen LogP contribution in [0.4, 0.5) is 5.69 Å². The molecule has 6 heteroatoms. The molecule has 94 valence electrons. The van der Waals surface area contributed by atoms with Gasteiger partial charge in [0.05, 0.1) is 11.7 Å². The first-order valence-electron chi connectivity index (χ1n) is 5.58. The molecule has 0 aliphatic carbocycles. The lowest BCUT2D eigenvalue weighted by atomic mass is 10.1. The molecule has 0 fully saturated rings. The van der Waals surface area contributed by atoms with Gasteiger partial charge in [0.25, 0.3) is 5.91 Å². The second-order valence-corrected chi connectivity index (χ2v) is 4.08. The minimum Gasteiger partial charge on any atom is -0.396 e. The number of nitrogens with one attached hydrogen (secondary N) is 1. The van der Waals surface area contributed by atoms with E-state index < -0.39 is 0 Å². The van der Waals surface area contributed by atoms with Crippen LogP contribution in [0.15, 0.2) is 30.7 Å². The summed E-state index contributed by atoms with van der Waals surface area (Å²) in [5.41, 5.74) is 7.30. The Morgan fingerprint density at radius 2 is 2.11 bits per heavy atom. The van der Waals surface area contributed by atoms with Crippen molar-refractivity contribution in [3.8, 4) is 0 Å². The van der Waals surface area contributed by atoms with Crippen molar-refractivity contribution in [1.82, 2.24) is 20.1 Å². The number of carbonyl (C=O) groups excluding carboxylic acids is 1. The van der Waals surface area contributed by atoms with Gasteiger partial charge >= 0.3 is 0 Å². The molecule has 0 saturated carbocycles.